The molecule has 33 heavy (non-hydrogen) atoms. The van der Waals surface area contributed by atoms with Crippen molar-refractivity contribution in [1.29, 1.82) is 0 Å². The summed E-state index contributed by atoms with van der Waals surface area (Å²) in [5.41, 5.74) is 1.48. The van der Waals surface area contributed by atoms with E-state index in [1.165, 1.54) is 60.7 Å². The van der Waals surface area contributed by atoms with Crippen LogP contribution in [-0.4, -0.2) is 32.9 Å². The highest BCUT2D eigenvalue weighted by Crippen LogP contribution is 2.21. The maximum atomic E-state index is 12.9. The van der Waals surface area contributed by atoms with Crippen molar-refractivity contribution in [3.8, 4) is 11.5 Å². The van der Waals surface area contributed by atoms with Gasteiger partial charge in [0.1, 0.15) is 11.5 Å². The van der Waals surface area contributed by atoms with Crippen molar-refractivity contribution in [3.05, 3.63) is 113 Å². The molecule has 0 spiro atoms. The Balaban J connectivity index is 1.96. The molecule has 0 fully saturated rings. The standard InChI is InChI=1S/C27H20O6/c1-17(27(32)33)20-8-13-23(25(30)14-6-18-2-9-21(28)10-3-18)24(16-20)26(31)15-7-19-4-11-22(29)12-5-19/h2-16,28-29H,1H2,(H,32,33). The van der Waals surface area contributed by atoms with Gasteiger partial charge in [-0.15, -0.1) is 0 Å². The first-order valence-corrected chi connectivity index (χ1v) is 9.84. The van der Waals surface area contributed by atoms with E-state index in [1.807, 2.05) is 0 Å². The van der Waals surface area contributed by atoms with Crippen LogP contribution in [0, 0.1) is 0 Å². The fourth-order valence-electron chi connectivity index (χ4n) is 2.97. The van der Waals surface area contributed by atoms with E-state index < -0.39 is 17.5 Å². The average Bonchev–Trinajstić information content (AvgIpc) is 2.82. The summed E-state index contributed by atoms with van der Waals surface area (Å²) in [4.78, 5) is 37.1. The van der Waals surface area contributed by atoms with Crippen LogP contribution in [0.5, 0.6) is 11.5 Å². The minimum atomic E-state index is -1.24. The number of benzene rings is 3. The molecule has 0 aliphatic heterocycles. The summed E-state index contributed by atoms with van der Waals surface area (Å²) in [6.45, 7) is 3.51. The Kier molecular flexibility index (Phi) is 7.00. The lowest BCUT2D eigenvalue weighted by Crippen LogP contribution is -2.08. The lowest BCUT2D eigenvalue weighted by atomic mass is 9.94. The SMILES string of the molecule is C=C(C(=O)O)c1ccc(C(=O)C=Cc2ccc(O)cc2)c(C(=O)C=Cc2ccc(O)cc2)c1. The Morgan fingerprint density at radius 2 is 1.12 bits per heavy atom. The van der Waals surface area contributed by atoms with Crippen LogP contribution in [0.3, 0.4) is 0 Å². The molecule has 0 saturated heterocycles. The Morgan fingerprint density at radius 3 is 1.58 bits per heavy atom. The van der Waals surface area contributed by atoms with E-state index in [9.17, 15) is 29.7 Å². The second-order valence-electron chi connectivity index (χ2n) is 7.12. The zero-order chi connectivity index (χ0) is 24.0. The van der Waals surface area contributed by atoms with E-state index in [4.69, 9.17) is 0 Å². The molecule has 0 amide bonds. The maximum Gasteiger partial charge on any atom is 0.335 e. The number of hydrogen-bond donors (Lipinski definition) is 3. The van der Waals surface area contributed by atoms with Crippen LogP contribution in [0.4, 0.5) is 0 Å². The van der Waals surface area contributed by atoms with Crippen LogP contribution >= 0.6 is 0 Å². The zero-order valence-corrected chi connectivity index (χ0v) is 17.4. The molecule has 0 radical (unpaired) electrons. The highest BCUT2D eigenvalue weighted by atomic mass is 16.4. The number of carboxylic acid groups (broad SMARTS) is 1. The predicted octanol–water partition coefficient (Wildman–Crippen LogP) is 4.99. The zero-order valence-electron chi connectivity index (χ0n) is 17.4. The molecule has 3 aromatic rings. The first-order chi connectivity index (χ1) is 15.7. The van der Waals surface area contributed by atoms with E-state index in [0.717, 1.165) is 0 Å². The first-order valence-electron chi connectivity index (χ1n) is 9.84. The van der Waals surface area contributed by atoms with Crippen molar-refractivity contribution in [2.75, 3.05) is 0 Å². The Labute approximate surface area is 190 Å². The number of allylic oxidation sites excluding steroid dienone is 2. The second kappa shape index (κ2) is 10.1. The number of aliphatic carboxylic acids is 1. The molecule has 6 nitrogen and oxygen atoms in total. The molecule has 0 bridgehead atoms. The summed E-state index contributed by atoms with van der Waals surface area (Å²) >= 11 is 0. The van der Waals surface area contributed by atoms with Gasteiger partial charge in [-0.25, -0.2) is 4.79 Å². The number of ketones is 2. The van der Waals surface area contributed by atoms with Gasteiger partial charge in [0, 0.05) is 11.1 Å². The van der Waals surface area contributed by atoms with E-state index >= 15 is 0 Å². The Bertz CT molecular complexity index is 1280. The average molecular weight is 440 g/mol. The van der Waals surface area contributed by atoms with Crippen molar-refractivity contribution >= 4 is 35.3 Å². The quantitative estimate of drug-likeness (QED) is 0.336. The summed E-state index contributed by atoms with van der Waals surface area (Å²) in [5.74, 6) is -1.99. The van der Waals surface area contributed by atoms with Gasteiger partial charge in [-0.2, -0.15) is 0 Å². The molecular weight excluding hydrogens is 420 g/mol. The molecule has 164 valence electrons. The molecule has 0 saturated carbocycles. The smallest absolute Gasteiger partial charge is 0.335 e. The maximum absolute atomic E-state index is 12.9. The highest BCUT2D eigenvalue weighted by molar-refractivity contribution is 6.19. The van der Waals surface area contributed by atoms with Crippen LogP contribution in [0.25, 0.3) is 17.7 Å². The lowest BCUT2D eigenvalue weighted by Gasteiger charge is -2.08. The van der Waals surface area contributed by atoms with Gasteiger partial charge in [-0.3, -0.25) is 9.59 Å². The molecule has 6 heteroatoms. The number of hydrogen-bond acceptors (Lipinski definition) is 5. The summed E-state index contributed by atoms with van der Waals surface area (Å²) < 4.78 is 0. The summed E-state index contributed by atoms with van der Waals surface area (Å²) in [6.07, 6.45) is 5.65. The van der Waals surface area contributed by atoms with E-state index in [-0.39, 0.29) is 33.8 Å². The second-order valence-corrected chi connectivity index (χ2v) is 7.12. The molecular formula is C27H20O6. The van der Waals surface area contributed by atoms with Gasteiger partial charge in [0.25, 0.3) is 0 Å². The molecule has 0 aliphatic rings. The van der Waals surface area contributed by atoms with E-state index in [0.29, 0.717) is 11.1 Å². The van der Waals surface area contributed by atoms with Crippen molar-refractivity contribution in [3.63, 3.8) is 0 Å². The number of carbonyl (C=O) groups is 3. The monoisotopic (exact) mass is 440 g/mol. The van der Waals surface area contributed by atoms with Crippen LogP contribution in [0.15, 0.2) is 85.5 Å². The first kappa shape index (κ1) is 23.0. The van der Waals surface area contributed by atoms with Crippen molar-refractivity contribution in [1.82, 2.24) is 0 Å². The van der Waals surface area contributed by atoms with Crippen molar-refractivity contribution in [2.45, 2.75) is 0 Å². The number of phenols is 2. The van der Waals surface area contributed by atoms with Gasteiger partial charge in [-0.05, 0) is 65.2 Å². The highest BCUT2D eigenvalue weighted by Gasteiger charge is 2.17. The summed E-state index contributed by atoms with van der Waals surface area (Å²) in [7, 11) is 0. The van der Waals surface area contributed by atoms with Crippen LogP contribution in [-0.2, 0) is 4.79 Å². The van der Waals surface area contributed by atoms with E-state index in [2.05, 4.69) is 6.58 Å². The minimum Gasteiger partial charge on any atom is -0.508 e. The number of rotatable bonds is 8. The molecule has 0 aliphatic carbocycles. The van der Waals surface area contributed by atoms with Crippen LogP contribution in [0.2, 0.25) is 0 Å². The van der Waals surface area contributed by atoms with Gasteiger partial charge >= 0.3 is 5.97 Å². The van der Waals surface area contributed by atoms with Crippen LogP contribution < -0.4 is 0 Å². The largest absolute Gasteiger partial charge is 0.508 e. The number of carbonyl (C=O) groups excluding carboxylic acids is 2. The molecule has 0 aromatic heterocycles. The third kappa shape index (κ3) is 5.92. The third-order valence-electron chi connectivity index (χ3n) is 4.80. The molecule has 3 N–H and O–H groups in total. The van der Waals surface area contributed by atoms with Gasteiger partial charge in [0.05, 0.1) is 5.57 Å². The normalized spacial score (nSPS) is 11.0. The Morgan fingerprint density at radius 1 is 0.667 bits per heavy atom. The van der Waals surface area contributed by atoms with Gasteiger partial charge in [0.2, 0.25) is 0 Å². The fourth-order valence-corrected chi connectivity index (χ4v) is 2.97. The van der Waals surface area contributed by atoms with Crippen molar-refractivity contribution < 1.29 is 29.7 Å². The van der Waals surface area contributed by atoms with Crippen LogP contribution in [0.1, 0.15) is 37.4 Å². The number of phenolic OH excluding ortho intramolecular Hbond substituents is 2. The summed E-state index contributed by atoms with van der Waals surface area (Å²) in [6, 6.07) is 16.6. The van der Waals surface area contributed by atoms with Gasteiger partial charge < -0.3 is 15.3 Å². The number of carboxylic acids is 1. The summed E-state index contributed by atoms with van der Waals surface area (Å²) in [5, 5.41) is 28.0. The van der Waals surface area contributed by atoms with E-state index in [1.54, 1.807) is 30.3 Å². The van der Waals surface area contributed by atoms with Gasteiger partial charge in [-0.1, -0.05) is 49.1 Å². The molecule has 3 aromatic carbocycles. The predicted molar refractivity (Wildman–Crippen MR) is 126 cm³/mol. The van der Waals surface area contributed by atoms with Gasteiger partial charge in [0.15, 0.2) is 11.6 Å². The van der Waals surface area contributed by atoms with Crippen molar-refractivity contribution in [2.24, 2.45) is 0 Å². The number of aromatic hydroxyl groups is 2. The molecule has 0 atom stereocenters. The molecule has 0 unspecified atom stereocenters. The fraction of sp³-hybridized carbons (Fsp3) is 0. The molecule has 3 rings (SSSR count). The minimum absolute atomic E-state index is 0.0327. The topological polar surface area (TPSA) is 112 Å². The molecule has 0 heterocycles. The Hall–Kier alpha value is -4.71. The third-order valence-corrected chi connectivity index (χ3v) is 4.80. The lowest BCUT2D eigenvalue weighted by molar-refractivity contribution is -0.130.